The van der Waals surface area contributed by atoms with Crippen molar-refractivity contribution in [2.24, 2.45) is 5.92 Å². The highest BCUT2D eigenvalue weighted by atomic mass is 16.6. The van der Waals surface area contributed by atoms with Gasteiger partial charge in [0.25, 0.3) is 0 Å². The summed E-state index contributed by atoms with van der Waals surface area (Å²) >= 11 is 0. The molecule has 2 saturated heterocycles. The highest BCUT2D eigenvalue weighted by Crippen LogP contribution is 2.25. The van der Waals surface area contributed by atoms with Crippen molar-refractivity contribution in [1.82, 2.24) is 5.32 Å². The Bertz CT molecular complexity index is 195. The number of carbonyl (C=O) groups excluding carboxylic acids is 1. The number of amides is 1. The first-order valence-corrected chi connectivity index (χ1v) is 4.32. The molecule has 0 bridgehead atoms. The molecule has 1 amide bonds. The van der Waals surface area contributed by atoms with Crippen molar-refractivity contribution >= 4 is 6.09 Å². The molecule has 12 heavy (non-hydrogen) atoms. The Hall–Kier alpha value is -0.770. The summed E-state index contributed by atoms with van der Waals surface area (Å²) in [5.74, 6) is 0.427. The molecule has 2 fully saturated rings. The smallest absolute Gasteiger partial charge is 0.407 e. The number of carbonyl (C=O) groups is 1. The van der Waals surface area contributed by atoms with Crippen LogP contribution in [0.4, 0.5) is 4.79 Å². The van der Waals surface area contributed by atoms with E-state index < -0.39 is 0 Å². The lowest BCUT2D eigenvalue weighted by Gasteiger charge is -2.18. The van der Waals surface area contributed by atoms with E-state index in [-0.39, 0.29) is 18.2 Å². The summed E-state index contributed by atoms with van der Waals surface area (Å²) < 4.78 is 10.2. The second kappa shape index (κ2) is 2.94. The molecule has 0 aromatic rings. The van der Waals surface area contributed by atoms with E-state index >= 15 is 0 Å². The van der Waals surface area contributed by atoms with Crippen molar-refractivity contribution < 1.29 is 14.3 Å². The number of ether oxygens (including phenoxy) is 2. The number of rotatable bonds is 1. The molecule has 1 N–H and O–H groups in total. The van der Waals surface area contributed by atoms with E-state index in [1.165, 1.54) is 0 Å². The Kier molecular flexibility index (Phi) is 1.92. The van der Waals surface area contributed by atoms with Crippen molar-refractivity contribution in [2.75, 3.05) is 13.2 Å². The second-order valence-corrected chi connectivity index (χ2v) is 3.38. The summed E-state index contributed by atoms with van der Waals surface area (Å²) in [4.78, 5) is 10.7. The number of hydrogen-bond acceptors (Lipinski definition) is 3. The number of hydrogen-bond donors (Lipinski definition) is 1. The van der Waals surface area contributed by atoms with Gasteiger partial charge in [-0.25, -0.2) is 4.79 Å². The monoisotopic (exact) mass is 171 g/mol. The van der Waals surface area contributed by atoms with Crippen LogP contribution in [-0.4, -0.2) is 31.5 Å². The maximum absolute atomic E-state index is 10.7. The van der Waals surface area contributed by atoms with Gasteiger partial charge in [-0.05, 0) is 13.3 Å². The summed E-state index contributed by atoms with van der Waals surface area (Å²) in [6.45, 7) is 3.34. The first-order valence-electron chi connectivity index (χ1n) is 4.32. The van der Waals surface area contributed by atoms with Crippen LogP contribution in [0.25, 0.3) is 0 Å². The van der Waals surface area contributed by atoms with Crippen molar-refractivity contribution in [3.63, 3.8) is 0 Å². The van der Waals surface area contributed by atoms with Crippen LogP contribution in [0.1, 0.15) is 13.3 Å². The molecule has 0 aromatic heterocycles. The zero-order chi connectivity index (χ0) is 8.55. The van der Waals surface area contributed by atoms with Crippen LogP contribution in [0.3, 0.4) is 0 Å². The molecule has 2 rings (SSSR count). The van der Waals surface area contributed by atoms with Crippen LogP contribution in [-0.2, 0) is 9.47 Å². The topological polar surface area (TPSA) is 47.6 Å². The van der Waals surface area contributed by atoms with Crippen LogP contribution in [0.2, 0.25) is 0 Å². The Morgan fingerprint density at radius 3 is 2.92 bits per heavy atom. The molecule has 2 aliphatic rings. The molecule has 0 saturated carbocycles. The molecule has 4 nitrogen and oxygen atoms in total. The van der Waals surface area contributed by atoms with E-state index in [9.17, 15) is 4.79 Å². The fraction of sp³-hybridized carbons (Fsp3) is 0.875. The van der Waals surface area contributed by atoms with E-state index in [1.807, 2.05) is 6.92 Å². The second-order valence-electron chi connectivity index (χ2n) is 3.38. The van der Waals surface area contributed by atoms with Gasteiger partial charge in [-0.1, -0.05) is 0 Å². The fourth-order valence-corrected chi connectivity index (χ4v) is 1.91. The van der Waals surface area contributed by atoms with Gasteiger partial charge in [0.05, 0.1) is 12.1 Å². The lowest BCUT2D eigenvalue weighted by Crippen LogP contribution is -2.37. The van der Waals surface area contributed by atoms with Crippen LogP contribution in [0, 0.1) is 5.92 Å². The van der Waals surface area contributed by atoms with Gasteiger partial charge in [0.1, 0.15) is 6.61 Å². The van der Waals surface area contributed by atoms with E-state index in [4.69, 9.17) is 9.47 Å². The molecule has 0 radical (unpaired) electrons. The zero-order valence-corrected chi connectivity index (χ0v) is 7.08. The third-order valence-electron chi connectivity index (χ3n) is 2.65. The lowest BCUT2D eigenvalue weighted by atomic mass is 9.94. The Labute approximate surface area is 71.2 Å². The first kappa shape index (κ1) is 7.86. The Morgan fingerprint density at radius 2 is 2.42 bits per heavy atom. The van der Waals surface area contributed by atoms with Crippen molar-refractivity contribution in [3.05, 3.63) is 0 Å². The van der Waals surface area contributed by atoms with Crippen molar-refractivity contribution in [1.29, 1.82) is 0 Å². The molecular weight excluding hydrogens is 158 g/mol. The van der Waals surface area contributed by atoms with Crippen LogP contribution in [0.15, 0.2) is 0 Å². The van der Waals surface area contributed by atoms with E-state index in [1.54, 1.807) is 0 Å². The van der Waals surface area contributed by atoms with E-state index in [0.717, 1.165) is 13.0 Å². The molecule has 0 aliphatic carbocycles. The van der Waals surface area contributed by atoms with Crippen LogP contribution >= 0.6 is 0 Å². The van der Waals surface area contributed by atoms with Crippen LogP contribution < -0.4 is 5.32 Å². The average molecular weight is 171 g/mol. The summed E-state index contributed by atoms with van der Waals surface area (Å²) in [6.07, 6.45) is 0.978. The van der Waals surface area contributed by atoms with Gasteiger partial charge >= 0.3 is 6.09 Å². The summed E-state index contributed by atoms with van der Waals surface area (Å²) in [6, 6.07) is 0.162. The minimum atomic E-state index is -0.292. The normalized spacial score (nSPS) is 41.1. The lowest BCUT2D eigenvalue weighted by molar-refractivity contribution is 0.0953. The largest absolute Gasteiger partial charge is 0.447 e. The van der Waals surface area contributed by atoms with Crippen molar-refractivity contribution in [2.45, 2.75) is 25.5 Å². The highest BCUT2D eigenvalue weighted by Gasteiger charge is 2.36. The standard InChI is InChI=1S/C8H13NO3/c1-5-6(2-3-11-5)7-4-12-8(10)9-7/h5-7H,2-4H2,1H3,(H,9,10). The predicted octanol–water partition coefficient (Wildman–Crippen LogP) is 0.520. The minimum Gasteiger partial charge on any atom is -0.447 e. The molecule has 3 atom stereocenters. The SMILES string of the molecule is CC1OCCC1C1COC(=O)N1. The molecule has 0 aromatic carbocycles. The molecule has 2 aliphatic heterocycles. The zero-order valence-electron chi connectivity index (χ0n) is 7.08. The van der Waals surface area contributed by atoms with Gasteiger partial charge in [-0.3, -0.25) is 0 Å². The maximum Gasteiger partial charge on any atom is 0.407 e. The highest BCUT2D eigenvalue weighted by molar-refractivity contribution is 5.69. The van der Waals surface area contributed by atoms with Gasteiger partial charge in [-0.2, -0.15) is 0 Å². The maximum atomic E-state index is 10.7. The van der Waals surface area contributed by atoms with Gasteiger partial charge in [0.2, 0.25) is 0 Å². The van der Waals surface area contributed by atoms with E-state index in [2.05, 4.69) is 5.32 Å². The number of nitrogens with one attached hydrogen (secondary N) is 1. The first-order chi connectivity index (χ1) is 5.77. The average Bonchev–Trinajstić information content (AvgIpc) is 2.58. The molecule has 3 unspecified atom stereocenters. The molecule has 4 heteroatoms. The van der Waals surface area contributed by atoms with Crippen molar-refractivity contribution in [3.8, 4) is 0 Å². The van der Waals surface area contributed by atoms with Crippen LogP contribution in [0.5, 0.6) is 0 Å². The Balaban J connectivity index is 1.95. The summed E-state index contributed by atoms with van der Waals surface area (Å²) in [5, 5.41) is 2.79. The Morgan fingerprint density at radius 1 is 1.58 bits per heavy atom. The molecule has 0 spiro atoms. The van der Waals surface area contributed by atoms with Gasteiger partial charge in [0, 0.05) is 12.5 Å². The third-order valence-corrected chi connectivity index (χ3v) is 2.65. The van der Waals surface area contributed by atoms with Gasteiger partial charge in [-0.15, -0.1) is 0 Å². The van der Waals surface area contributed by atoms with E-state index in [0.29, 0.717) is 12.5 Å². The van der Waals surface area contributed by atoms with Gasteiger partial charge in [0.15, 0.2) is 0 Å². The summed E-state index contributed by atoms with van der Waals surface area (Å²) in [7, 11) is 0. The molecule has 68 valence electrons. The third kappa shape index (κ3) is 1.27. The van der Waals surface area contributed by atoms with Gasteiger partial charge < -0.3 is 14.8 Å². The fourth-order valence-electron chi connectivity index (χ4n) is 1.91. The molecular formula is C8H13NO3. The molecule has 2 heterocycles. The predicted molar refractivity (Wildman–Crippen MR) is 41.8 cm³/mol. The quantitative estimate of drug-likeness (QED) is 0.625. The number of alkyl carbamates (subject to hydrolysis) is 1. The summed E-state index contributed by atoms with van der Waals surface area (Å²) in [5.41, 5.74) is 0. The number of cyclic esters (lactones) is 1. The minimum absolute atomic E-state index is 0.162.